The monoisotopic (exact) mass is 356 g/mol. The van der Waals surface area contributed by atoms with Crippen molar-refractivity contribution in [3.63, 3.8) is 0 Å². The van der Waals surface area contributed by atoms with E-state index in [0.717, 1.165) is 0 Å². The van der Waals surface area contributed by atoms with Gasteiger partial charge in [0.15, 0.2) is 0 Å². The number of aromatic nitrogens is 2. The molecule has 0 fully saturated rings. The highest BCUT2D eigenvalue weighted by Crippen LogP contribution is 2.34. The number of benzene rings is 2. The van der Waals surface area contributed by atoms with Crippen molar-refractivity contribution < 1.29 is 14.6 Å². The van der Waals surface area contributed by atoms with E-state index >= 15 is 0 Å². The maximum Gasteiger partial charge on any atom is 0.338 e. The molecule has 0 amide bonds. The standard InChI is InChI=1S/C19H17ClN2O3/c1-22-11-21-10-17(22)18(23)12-7-8-14(19(24)25-2)15(9-12)13-5-3-4-6-16(13)20/h3-11,18,23H,1-2H3. The molecule has 1 atom stereocenters. The Hall–Kier alpha value is -2.63. The largest absolute Gasteiger partial charge is 0.465 e. The number of carbonyl (C=O) groups is 1. The van der Waals surface area contributed by atoms with Gasteiger partial charge < -0.3 is 14.4 Å². The molecule has 0 aliphatic heterocycles. The van der Waals surface area contributed by atoms with Crippen molar-refractivity contribution in [2.75, 3.05) is 7.11 Å². The van der Waals surface area contributed by atoms with Crippen LogP contribution in [0.25, 0.3) is 11.1 Å². The lowest BCUT2D eigenvalue weighted by atomic mass is 9.94. The van der Waals surface area contributed by atoms with Crippen LogP contribution in [0.4, 0.5) is 0 Å². The smallest absolute Gasteiger partial charge is 0.338 e. The van der Waals surface area contributed by atoms with Crippen LogP contribution in [0, 0.1) is 0 Å². The van der Waals surface area contributed by atoms with Gasteiger partial charge in [0, 0.05) is 17.6 Å². The van der Waals surface area contributed by atoms with Crippen molar-refractivity contribution in [3.05, 3.63) is 76.8 Å². The molecule has 0 saturated heterocycles. The molecule has 6 heteroatoms. The number of imidazole rings is 1. The number of rotatable bonds is 4. The third-order valence-electron chi connectivity index (χ3n) is 4.06. The zero-order chi connectivity index (χ0) is 18.0. The van der Waals surface area contributed by atoms with E-state index in [4.69, 9.17) is 16.3 Å². The average Bonchev–Trinajstić information content (AvgIpc) is 3.06. The van der Waals surface area contributed by atoms with Crippen molar-refractivity contribution in [2.24, 2.45) is 7.05 Å². The number of carbonyl (C=O) groups excluding carboxylic acids is 1. The molecule has 25 heavy (non-hydrogen) atoms. The summed E-state index contributed by atoms with van der Waals surface area (Å²) in [7, 11) is 3.14. The molecule has 2 aromatic carbocycles. The summed E-state index contributed by atoms with van der Waals surface area (Å²) in [5, 5.41) is 11.2. The average molecular weight is 357 g/mol. The van der Waals surface area contributed by atoms with Crippen molar-refractivity contribution >= 4 is 17.6 Å². The van der Waals surface area contributed by atoms with Crippen LogP contribution in [0.15, 0.2) is 55.0 Å². The number of methoxy groups -OCH3 is 1. The molecule has 1 aromatic heterocycles. The summed E-state index contributed by atoms with van der Waals surface area (Å²) in [5.74, 6) is -0.462. The van der Waals surface area contributed by atoms with Crippen LogP contribution in [-0.2, 0) is 11.8 Å². The molecule has 3 aromatic rings. The summed E-state index contributed by atoms with van der Waals surface area (Å²) in [5.41, 5.74) is 2.97. The van der Waals surface area contributed by atoms with Gasteiger partial charge in [-0.3, -0.25) is 0 Å². The Morgan fingerprint density at radius 3 is 2.64 bits per heavy atom. The van der Waals surface area contributed by atoms with Crippen LogP contribution in [0.2, 0.25) is 5.02 Å². The molecule has 0 aliphatic carbocycles. The van der Waals surface area contributed by atoms with E-state index in [2.05, 4.69) is 4.98 Å². The van der Waals surface area contributed by atoms with Gasteiger partial charge in [0.2, 0.25) is 0 Å². The topological polar surface area (TPSA) is 64.3 Å². The normalized spacial score (nSPS) is 12.0. The van der Waals surface area contributed by atoms with Crippen LogP contribution in [0.5, 0.6) is 0 Å². The second kappa shape index (κ2) is 7.09. The second-order valence-electron chi connectivity index (χ2n) is 5.61. The number of hydrogen-bond donors (Lipinski definition) is 1. The lowest BCUT2D eigenvalue weighted by Crippen LogP contribution is -2.08. The molecule has 128 valence electrons. The van der Waals surface area contributed by atoms with Gasteiger partial charge in [-0.2, -0.15) is 0 Å². The Morgan fingerprint density at radius 2 is 2.00 bits per heavy atom. The van der Waals surface area contributed by atoms with E-state index in [1.54, 1.807) is 41.4 Å². The number of ether oxygens (including phenoxy) is 1. The Labute approximate surface area is 150 Å². The van der Waals surface area contributed by atoms with Gasteiger partial charge in [-0.15, -0.1) is 0 Å². The molecule has 0 spiro atoms. The van der Waals surface area contributed by atoms with Crippen LogP contribution < -0.4 is 0 Å². The maximum absolute atomic E-state index is 12.1. The van der Waals surface area contributed by atoms with E-state index < -0.39 is 12.1 Å². The van der Waals surface area contributed by atoms with Crippen LogP contribution in [0.1, 0.15) is 27.7 Å². The first-order valence-electron chi connectivity index (χ1n) is 7.64. The molecule has 0 saturated carbocycles. The highest BCUT2D eigenvalue weighted by molar-refractivity contribution is 6.33. The fourth-order valence-electron chi connectivity index (χ4n) is 2.72. The highest BCUT2D eigenvalue weighted by atomic mass is 35.5. The molecule has 0 aliphatic rings. The molecule has 3 rings (SSSR count). The molecular weight excluding hydrogens is 340 g/mol. The third-order valence-corrected chi connectivity index (χ3v) is 4.39. The lowest BCUT2D eigenvalue weighted by Gasteiger charge is -2.16. The van der Waals surface area contributed by atoms with Gasteiger partial charge in [0.1, 0.15) is 6.10 Å². The lowest BCUT2D eigenvalue weighted by molar-refractivity contribution is 0.0601. The van der Waals surface area contributed by atoms with Crippen LogP contribution >= 0.6 is 11.6 Å². The molecule has 1 N–H and O–H groups in total. The number of aliphatic hydroxyl groups is 1. The first-order chi connectivity index (χ1) is 12.0. The summed E-state index contributed by atoms with van der Waals surface area (Å²) in [6, 6.07) is 12.3. The van der Waals surface area contributed by atoms with Crippen molar-refractivity contribution in [1.29, 1.82) is 0 Å². The van der Waals surface area contributed by atoms with E-state index in [0.29, 0.717) is 33.0 Å². The first-order valence-corrected chi connectivity index (χ1v) is 8.02. The van der Waals surface area contributed by atoms with Gasteiger partial charge in [0.05, 0.1) is 30.9 Å². The zero-order valence-electron chi connectivity index (χ0n) is 13.8. The molecule has 5 nitrogen and oxygen atoms in total. The van der Waals surface area contributed by atoms with Crippen LogP contribution in [0.3, 0.4) is 0 Å². The fourth-order valence-corrected chi connectivity index (χ4v) is 2.96. The Bertz CT molecular complexity index is 921. The van der Waals surface area contributed by atoms with Crippen molar-refractivity contribution in [3.8, 4) is 11.1 Å². The minimum absolute atomic E-state index is 0.386. The highest BCUT2D eigenvalue weighted by Gasteiger charge is 2.20. The number of aryl methyl sites for hydroxylation is 1. The van der Waals surface area contributed by atoms with Crippen LogP contribution in [-0.4, -0.2) is 27.7 Å². The fraction of sp³-hybridized carbons (Fsp3) is 0.158. The summed E-state index contributed by atoms with van der Waals surface area (Å²) < 4.78 is 6.62. The summed E-state index contributed by atoms with van der Waals surface area (Å²) >= 11 is 6.31. The molecule has 0 bridgehead atoms. The minimum Gasteiger partial charge on any atom is -0.465 e. The van der Waals surface area contributed by atoms with Gasteiger partial charge in [-0.05, 0) is 29.3 Å². The van der Waals surface area contributed by atoms with E-state index in [9.17, 15) is 9.90 Å². The predicted octanol–water partition coefficient (Wildman–Crippen LogP) is 3.61. The molecular formula is C19H17ClN2O3. The Morgan fingerprint density at radius 1 is 1.24 bits per heavy atom. The van der Waals surface area contributed by atoms with Crippen molar-refractivity contribution in [2.45, 2.75) is 6.10 Å². The SMILES string of the molecule is COC(=O)c1ccc(C(O)c2cncn2C)cc1-c1ccccc1Cl. The van der Waals surface area contributed by atoms with Gasteiger partial charge in [0.25, 0.3) is 0 Å². The Kier molecular flexibility index (Phi) is 4.88. The summed E-state index contributed by atoms with van der Waals surface area (Å²) in [4.78, 5) is 16.2. The number of esters is 1. The number of nitrogens with zero attached hydrogens (tertiary/aromatic N) is 2. The van der Waals surface area contributed by atoms with Crippen molar-refractivity contribution in [1.82, 2.24) is 9.55 Å². The Balaban J connectivity index is 2.15. The number of hydrogen-bond acceptors (Lipinski definition) is 4. The summed E-state index contributed by atoms with van der Waals surface area (Å²) in [6.07, 6.45) is 2.35. The zero-order valence-corrected chi connectivity index (χ0v) is 14.6. The molecule has 0 radical (unpaired) electrons. The second-order valence-corrected chi connectivity index (χ2v) is 6.02. The van der Waals surface area contributed by atoms with E-state index in [1.165, 1.54) is 7.11 Å². The predicted molar refractivity (Wildman–Crippen MR) is 95.5 cm³/mol. The third kappa shape index (κ3) is 3.29. The van der Waals surface area contributed by atoms with Gasteiger partial charge in [-0.25, -0.2) is 9.78 Å². The van der Waals surface area contributed by atoms with Gasteiger partial charge >= 0.3 is 5.97 Å². The minimum atomic E-state index is -0.875. The number of halogens is 1. The quantitative estimate of drug-likeness (QED) is 0.725. The van der Waals surface area contributed by atoms with E-state index in [-0.39, 0.29) is 0 Å². The summed E-state index contributed by atoms with van der Waals surface area (Å²) in [6.45, 7) is 0. The maximum atomic E-state index is 12.1. The molecule has 1 heterocycles. The number of aliphatic hydroxyl groups excluding tert-OH is 1. The first kappa shape index (κ1) is 17.2. The molecule has 1 unspecified atom stereocenters. The van der Waals surface area contributed by atoms with Gasteiger partial charge in [-0.1, -0.05) is 35.9 Å². The van der Waals surface area contributed by atoms with E-state index in [1.807, 2.05) is 25.2 Å².